The van der Waals surface area contributed by atoms with Crippen molar-refractivity contribution < 1.29 is 19.9 Å². The predicted molar refractivity (Wildman–Crippen MR) is 109 cm³/mol. The lowest BCUT2D eigenvalue weighted by atomic mass is 9.94. The Kier molecular flexibility index (Phi) is 6.49. The normalized spacial score (nSPS) is 17.8. The molecule has 29 heavy (non-hydrogen) atoms. The third kappa shape index (κ3) is 3.96. The summed E-state index contributed by atoms with van der Waals surface area (Å²) in [7, 11) is 0. The van der Waals surface area contributed by atoms with Gasteiger partial charge in [-0.15, -0.1) is 0 Å². The van der Waals surface area contributed by atoms with Crippen LogP contribution >= 0.6 is 0 Å². The first kappa shape index (κ1) is 20.8. The Morgan fingerprint density at radius 1 is 1.28 bits per heavy atom. The predicted octanol–water partition coefficient (Wildman–Crippen LogP) is 3.79. The summed E-state index contributed by atoms with van der Waals surface area (Å²) >= 11 is 0. The second-order valence-corrected chi connectivity index (χ2v) is 7.33. The van der Waals surface area contributed by atoms with E-state index in [1.807, 2.05) is 44.2 Å². The molecule has 1 aliphatic rings. The van der Waals surface area contributed by atoms with Gasteiger partial charge in [0, 0.05) is 17.2 Å². The number of hydrogen-bond acceptors (Lipinski definition) is 5. The lowest BCUT2D eigenvalue weighted by Gasteiger charge is -2.33. The van der Waals surface area contributed by atoms with Crippen LogP contribution in [0.3, 0.4) is 0 Å². The topological polar surface area (TPSA) is 103 Å². The number of unbranched alkanes of at least 4 members (excludes halogenated alkanes) is 1. The van der Waals surface area contributed by atoms with Crippen molar-refractivity contribution in [1.29, 1.82) is 0 Å². The number of aliphatic hydroxyl groups excluding tert-OH is 1. The smallest absolute Gasteiger partial charge is 0.290 e. The van der Waals surface area contributed by atoms with Crippen LogP contribution in [0.2, 0.25) is 0 Å². The second kappa shape index (κ2) is 9.05. The number of amides is 2. The fourth-order valence-electron chi connectivity index (χ4n) is 3.99. The van der Waals surface area contributed by atoms with Crippen molar-refractivity contribution in [2.24, 2.45) is 0 Å². The minimum absolute atomic E-state index is 0.308. The molecule has 0 saturated heterocycles. The zero-order valence-corrected chi connectivity index (χ0v) is 16.8. The fourth-order valence-corrected chi connectivity index (χ4v) is 3.99. The maximum absolute atomic E-state index is 13.0. The monoisotopic (exact) mass is 397 g/mol. The van der Waals surface area contributed by atoms with E-state index in [4.69, 9.17) is 0 Å². The first-order chi connectivity index (χ1) is 14.0. The number of hydroxylamine groups is 1. The average molecular weight is 397 g/mol. The second-order valence-electron chi connectivity index (χ2n) is 7.33. The molecule has 2 unspecified atom stereocenters. The molecule has 0 saturated carbocycles. The van der Waals surface area contributed by atoms with Crippen molar-refractivity contribution in [3.05, 3.63) is 53.4 Å². The summed E-state index contributed by atoms with van der Waals surface area (Å²) in [5.74, 6) is -1.55. The Labute approximate surface area is 170 Å². The highest BCUT2D eigenvalue weighted by molar-refractivity contribution is 5.99. The molecule has 0 aliphatic carbocycles. The molecule has 1 aromatic carbocycles. The standard InChI is InChI=1S/C22H27N3O4/c1-3-5-11-18(21(27)24-29)25-19(16(8-4-2)20(26)22(25)28)15-12-14-9-6-7-10-17(14)23-13-15/h6-7,9-10,12-13,18-19,26,29H,3-5,8,11H2,1-2H3,(H,24,27). The number of nitrogens with zero attached hydrogens (tertiary/aromatic N) is 2. The number of aliphatic hydroxyl groups is 1. The SMILES string of the molecule is CCCCC(C(=O)NO)N1C(=O)C(O)=C(CCC)C1c1cnc2ccccc2c1. The number of hydrogen-bond donors (Lipinski definition) is 3. The summed E-state index contributed by atoms with van der Waals surface area (Å²) in [4.78, 5) is 31.3. The van der Waals surface area contributed by atoms with Crippen LogP contribution in [0.25, 0.3) is 10.9 Å². The van der Waals surface area contributed by atoms with Crippen molar-refractivity contribution in [2.75, 3.05) is 0 Å². The molecular formula is C22H27N3O4. The first-order valence-corrected chi connectivity index (χ1v) is 10.1. The number of carbonyl (C=O) groups is 2. The Morgan fingerprint density at radius 2 is 2.03 bits per heavy atom. The molecule has 0 spiro atoms. The number of carbonyl (C=O) groups excluding carboxylic acids is 2. The Morgan fingerprint density at radius 3 is 2.72 bits per heavy atom. The van der Waals surface area contributed by atoms with Gasteiger partial charge in [-0.05, 0) is 30.5 Å². The van der Waals surface area contributed by atoms with Gasteiger partial charge in [0.1, 0.15) is 6.04 Å². The van der Waals surface area contributed by atoms with E-state index in [-0.39, 0.29) is 5.76 Å². The summed E-state index contributed by atoms with van der Waals surface area (Å²) in [6.07, 6.45) is 4.87. The fraction of sp³-hybridized carbons (Fsp3) is 0.409. The lowest BCUT2D eigenvalue weighted by Crippen LogP contribution is -2.48. The summed E-state index contributed by atoms with van der Waals surface area (Å²) in [5.41, 5.74) is 3.83. The third-order valence-corrected chi connectivity index (χ3v) is 5.38. The number of benzene rings is 1. The van der Waals surface area contributed by atoms with Crippen LogP contribution in [0.1, 0.15) is 57.6 Å². The molecule has 2 heterocycles. The van der Waals surface area contributed by atoms with Crippen molar-refractivity contribution in [3.63, 3.8) is 0 Å². The average Bonchev–Trinajstić information content (AvgIpc) is 2.99. The molecule has 2 aromatic rings. The van der Waals surface area contributed by atoms with Gasteiger partial charge < -0.3 is 10.0 Å². The Balaban J connectivity index is 2.11. The van der Waals surface area contributed by atoms with Gasteiger partial charge in [0.15, 0.2) is 5.76 Å². The zero-order chi connectivity index (χ0) is 21.0. The summed E-state index contributed by atoms with van der Waals surface area (Å²) < 4.78 is 0. The summed E-state index contributed by atoms with van der Waals surface area (Å²) in [6.45, 7) is 3.96. The number of nitrogens with one attached hydrogen (secondary N) is 1. The number of fused-ring (bicyclic) bond motifs is 1. The van der Waals surface area contributed by atoms with E-state index in [1.165, 1.54) is 4.90 Å². The van der Waals surface area contributed by atoms with Crippen LogP contribution in [0.4, 0.5) is 0 Å². The molecule has 3 N–H and O–H groups in total. The molecule has 1 aromatic heterocycles. The Hall–Kier alpha value is -2.93. The minimum Gasteiger partial charge on any atom is -0.503 e. The minimum atomic E-state index is -0.888. The van der Waals surface area contributed by atoms with Crippen LogP contribution in [-0.4, -0.2) is 38.1 Å². The first-order valence-electron chi connectivity index (χ1n) is 10.1. The highest BCUT2D eigenvalue weighted by Gasteiger charge is 2.45. The van der Waals surface area contributed by atoms with Gasteiger partial charge in [-0.25, -0.2) is 5.48 Å². The van der Waals surface area contributed by atoms with Gasteiger partial charge in [0.25, 0.3) is 11.8 Å². The number of rotatable bonds is 8. The van der Waals surface area contributed by atoms with Crippen molar-refractivity contribution in [2.45, 2.75) is 58.0 Å². The van der Waals surface area contributed by atoms with Crippen LogP contribution in [-0.2, 0) is 9.59 Å². The van der Waals surface area contributed by atoms with Gasteiger partial charge in [-0.3, -0.25) is 19.8 Å². The van der Waals surface area contributed by atoms with Gasteiger partial charge in [-0.2, -0.15) is 0 Å². The van der Waals surface area contributed by atoms with E-state index < -0.39 is 23.9 Å². The van der Waals surface area contributed by atoms with Gasteiger partial charge in [-0.1, -0.05) is 51.3 Å². The Bertz CT molecular complexity index is 941. The molecular weight excluding hydrogens is 370 g/mol. The van der Waals surface area contributed by atoms with Gasteiger partial charge in [0.2, 0.25) is 0 Å². The van der Waals surface area contributed by atoms with Crippen molar-refractivity contribution in [3.8, 4) is 0 Å². The van der Waals surface area contributed by atoms with Crippen LogP contribution in [0, 0.1) is 0 Å². The molecule has 7 nitrogen and oxygen atoms in total. The van der Waals surface area contributed by atoms with E-state index in [0.717, 1.165) is 29.3 Å². The molecule has 2 amide bonds. The van der Waals surface area contributed by atoms with E-state index in [1.54, 1.807) is 11.7 Å². The van der Waals surface area contributed by atoms with Crippen LogP contribution < -0.4 is 5.48 Å². The molecule has 0 bridgehead atoms. The molecule has 7 heteroatoms. The number of para-hydroxylation sites is 1. The highest BCUT2D eigenvalue weighted by Crippen LogP contribution is 2.42. The summed E-state index contributed by atoms with van der Waals surface area (Å²) in [6, 6.07) is 8.11. The van der Waals surface area contributed by atoms with E-state index in [2.05, 4.69) is 4.98 Å². The molecule has 2 atom stereocenters. The lowest BCUT2D eigenvalue weighted by molar-refractivity contribution is -0.144. The van der Waals surface area contributed by atoms with Crippen LogP contribution in [0.5, 0.6) is 0 Å². The van der Waals surface area contributed by atoms with Crippen LogP contribution in [0.15, 0.2) is 47.9 Å². The maximum atomic E-state index is 13.0. The number of aromatic nitrogens is 1. The van der Waals surface area contributed by atoms with Crippen molar-refractivity contribution >= 4 is 22.7 Å². The molecule has 154 valence electrons. The highest BCUT2D eigenvalue weighted by atomic mass is 16.5. The van der Waals surface area contributed by atoms with E-state index in [0.29, 0.717) is 24.8 Å². The molecule has 3 rings (SSSR count). The van der Waals surface area contributed by atoms with Gasteiger partial charge in [0.05, 0.1) is 11.6 Å². The molecule has 1 aliphatic heterocycles. The largest absolute Gasteiger partial charge is 0.503 e. The third-order valence-electron chi connectivity index (χ3n) is 5.38. The zero-order valence-electron chi connectivity index (χ0n) is 16.8. The van der Waals surface area contributed by atoms with Gasteiger partial charge >= 0.3 is 0 Å². The van der Waals surface area contributed by atoms with Crippen molar-refractivity contribution in [1.82, 2.24) is 15.4 Å². The quantitative estimate of drug-likeness (QED) is 0.464. The van der Waals surface area contributed by atoms with E-state index >= 15 is 0 Å². The maximum Gasteiger partial charge on any atom is 0.290 e. The molecule has 0 radical (unpaired) electrons. The summed E-state index contributed by atoms with van der Waals surface area (Å²) in [5, 5.41) is 20.8. The molecule has 0 fully saturated rings. The van der Waals surface area contributed by atoms with E-state index in [9.17, 15) is 19.9 Å². The number of pyridine rings is 1.